The van der Waals surface area contributed by atoms with Crippen LogP contribution in [-0.2, 0) is 10.0 Å². The van der Waals surface area contributed by atoms with Gasteiger partial charge in [0.05, 0.1) is 6.26 Å². The summed E-state index contributed by atoms with van der Waals surface area (Å²) in [5.41, 5.74) is 7.28. The number of rotatable bonds is 11. The number of benzene rings is 2. The van der Waals surface area contributed by atoms with E-state index in [0.717, 1.165) is 66.7 Å². The minimum atomic E-state index is -3.33. The highest BCUT2D eigenvalue weighted by Gasteiger charge is 2.20. The van der Waals surface area contributed by atoms with Crippen molar-refractivity contribution in [2.45, 2.75) is 46.6 Å². The van der Waals surface area contributed by atoms with Crippen LogP contribution < -0.4 is 9.62 Å². The van der Waals surface area contributed by atoms with Gasteiger partial charge in [0.25, 0.3) is 0 Å². The summed E-state index contributed by atoms with van der Waals surface area (Å²) in [4.78, 5) is 4.96. The Kier molecular flexibility index (Phi) is 10.8. The predicted octanol–water partition coefficient (Wildman–Crippen LogP) is 5.30. The topological polar surface area (TPSA) is 72.9 Å². The zero-order chi connectivity index (χ0) is 27.7. The molecule has 0 amide bonds. The third kappa shape index (κ3) is 8.58. The molecule has 0 radical (unpaired) electrons. The highest BCUT2D eigenvalue weighted by atomic mass is 32.2. The lowest BCUT2D eigenvalue weighted by molar-refractivity contribution is 0.209. The van der Waals surface area contributed by atoms with Crippen LogP contribution in [0, 0.1) is 0 Å². The maximum absolute atomic E-state index is 11.7. The molecule has 1 fully saturated rings. The summed E-state index contributed by atoms with van der Waals surface area (Å²) >= 11 is 0. The molecule has 1 aliphatic rings. The van der Waals surface area contributed by atoms with Crippen LogP contribution in [0.15, 0.2) is 78.0 Å². The van der Waals surface area contributed by atoms with E-state index in [9.17, 15) is 13.5 Å². The van der Waals surface area contributed by atoms with Crippen molar-refractivity contribution in [1.82, 2.24) is 9.62 Å². The fourth-order valence-electron chi connectivity index (χ4n) is 4.94. The highest BCUT2D eigenvalue weighted by molar-refractivity contribution is 7.88. The fraction of sp³-hybridized carbons (Fsp3) is 0.419. The normalized spacial score (nSPS) is 16.6. The van der Waals surface area contributed by atoms with Gasteiger partial charge in [0.2, 0.25) is 10.0 Å². The van der Waals surface area contributed by atoms with Crippen molar-refractivity contribution >= 4 is 26.9 Å². The summed E-state index contributed by atoms with van der Waals surface area (Å²) < 4.78 is 25.8. The van der Waals surface area contributed by atoms with Gasteiger partial charge >= 0.3 is 0 Å². The van der Waals surface area contributed by atoms with Gasteiger partial charge in [-0.3, -0.25) is 9.62 Å². The summed E-state index contributed by atoms with van der Waals surface area (Å²) in [5.74, 6) is 0. The fourth-order valence-corrected chi connectivity index (χ4v) is 5.60. The highest BCUT2D eigenvalue weighted by Crippen LogP contribution is 2.36. The van der Waals surface area contributed by atoms with Crippen LogP contribution >= 0.6 is 0 Å². The Balaban J connectivity index is 2.03. The van der Waals surface area contributed by atoms with E-state index in [1.165, 1.54) is 5.69 Å². The van der Waals surface area contributed by atoms with Crippen molar-refractivity contribution in [2.24, 2.45) is 0 Å². The molecular formula is C31H43N3O3S. The van der Waals surface area contributed by atoms with Crippen LogP contribution in [0.2, 0.25) is 0 Å². The number of aliphatic hydroxyl groups excluding tert-OH is 1. The van der Waals surface area contributed by atoms with Crippen LogP contribution in [-0.4, -0.2) is 63.5 Å². The smallest absolute Gasteiger partial charge is 0.229 e. The second kappa shape index (κ2) is 13.8. The van der Waals surface area contributed by atoms with Crippen LogP contribution in [0.1, 0.15) is 51.7 Å². The van der Waals surface area contributed by atoms with Crippen molar-refractivity contribution in [3.05, 3.63) is 89.1 Å². The van der Waals surface area contributed by atoms with Crippen molar-refractivity contribution in [3.63, 3.8) is 0 Å². The number of hydrogen-bond acceptors (Lipinski definition) is 5. The Labute approximate surface area is 229 Å². The number of aliphatic hydroxyl groups is 1. The van der Waals surface area contributed by atoms with Crippen molar-refractivity contribution in [3.8, 4) is 0 Å². The van der Waals surface area contributed by atoms with Gasteiger partial charge in [0.1, 0.15) is 0 Å². The van der Waals surface area contributed by atoms with Gasteiger partial charge in [-0.1, -0.05) is 48.5 Å². The second-order valence-electron chi connectivity index (χ2n) is 10.3. The summed E-state index contributed by atoms with van der Waals surface area (Å²) in [6.07, 6.45) is 6.30. The van der Waals surface area contributed by atoms with E-state index < -0.39 is 10.0 Å². The first-order valence-electron chi connectivity index (χ1n) is 13.4. The van der Waals surface area contributed by atoms with E-state index in [1.807, 2.05) is 24.3 Å². The van der Waals surface area contributed by atoms with E-state index >= 15 is 0 Å². The summed E-state index contributed by atoms with van der Waals surface area (Å²) in [7, 11) is -3.33. The maximum atomic E-state index is 11.7. The second-order valence-corrected chi connectivity index (χ2v) is 12.0. The van der Waals surface area contributed by atoms with Gasteiger partial charge in [0, 0.05) is 50.2 Å². The van der Waals surface area contributed by atoms with Crippen molar-refractivity contribution in [1.29, 1.82) is 0 Å². The quantitative estimate of drug-likeness (QED) is 0.301. The zero-order valence-electron chi connectivity index (χ0n) is 23.4. The lowest BCUT2D eigenvalue weighted by Crippen LogP contribution is -2.48. The van der Waals surface area contributed by atoms with Crippen molar-refractivity contribution < 1.29 is 13.5 Å². The van der Waals surface area contributed by atoms with Gasteiger partial charge < -0.3 is 10.0 Å². The number of hydrogen-bond donors (Lipinski definition) is 2. The molecule has 1 heterocycles. The third-order valence-corrected chi connectivity index (χ3v) is 7.59. The summed E-state index contributed by atoms with van der Waals surface area (Å²) in [5, 5.41) is 9.65. The lowest BCUT2D eigenvalue weighted by atomic mass is 9.87. The zero-order valence-corrected chi connectivity index (χ0v) is 24.3. The molecular weight excluding hydrogens is 494 g/mol. The molecule has 0 aliphatic carbocycles. The molecule has 38 heavy (non-hydrogen) atoms. The molecule has 6 nitrogen and oxygen atoms in total. The number of allylic oxidation sites excluding steroid dienone is 6. The number of piperazine rings is 1. The predicted molar refractivity (Wildman–Crippen MR) is 160 cm³/mol. The number of sulfonamides is 1. The van der Waals surface area contributed by atoms with E-state index in [2.05, 4.69) is 71.7 Å². The van der Waals surface area contributed by atoms with Crippen LogP contribution in [0.3, 0.4) is 0 Å². The minimum absolute atomic E-state index is 0.116. The Morgan fingerprint density at radius 1 is 0.947 bits per heavy atom. The summed E-state index contributed by atoms with van der Waals surface area (Å²) in [6, 6.07) is 19.6. The Morgan fingerprint density at radius 3 is 2.13 bits per heavy atom. The standard InChI is InChI=1S/C31H43N3O3S/c1-24(2)33-19-21-34(22-20-33)29-17-15-28(16-18-29)31(25(3)13-14-26(4)32-38(5,36)37)30(12-9-23-35)27-10-7-6-8-11-27/h6-8,10-11,13-18,24,32,35H,9,12,19-23H2,1-5H3/b25-13+,26-14+,31-30-. The monoisotopic (exact) mass is 537 g/mol. The van der Waals surface area contributed by atoms with Gasteiger partial charge in [0.15, 0.2) is 0 Å². The van der Waals surface area contributed by atoms with E-state index in [0.29, 0.717) is 18.2 Å². The number of nitrogens with zero attached hydrogens (tertiary/aromatic N) is 2. The molecule has 1 saturated heterocycles. The molecule has 2 N–H and O–H groups in total. The Hall–Kier alpha value is -2.87. The van der Waals surface area contributed by atoms with Gasteiger partial charge in [-0.25, -0.2) is 8.42 Å². The first kappa shape index (κ1) is 29.7. The third-order valence-electron chi connectivity index (χ3n) is 6.90. The molecule has 0 unspecified atom stereocenters. The average molecular weight is 538 g/mol. The Bertz CT molecular complexity index is 1240. The number of anilines is 1. The van der Waals surface area contributed by atoms with E-state index in [-0.39, 0.29) is 6.61 Å². The van der Waals surface area contributed by atoms with Crippen LogP contribution in [0.25, 0.3) is 11.1 Å². The molecule has 2 aromatic rings. The maximum Gasteiger partial charge on any atom is 0.229 e. The first-order chi connectivity index (χ1) is 18.1. The Morgan fingerprint density at radius 2 is 1.58 bits per heavy atom. The van der Waals surface area contributed by atoms with E-state index in [1.54, 1.807) is 13.0 Å². The molecule has 0 spiro atoms. The van der Waals surface area contributed by atoms with E-state index in [4.69, 9.17) is 0 Å². The van der Waals surface area contributed by atoms with Crippen molar-refractivity contribution in [2.75, 3.05) is 43.9 Å². The summed E-state index contributed by atoms with van der Waals surface area (Å²) in [6.45, 7) is 12.6. The largest absolute Gasteiger partial charge is 0.396 e. The molecule has 0 bridgehead atoms. The molecule has 7 heteroatoms. The lowest BCUT2D eigenvalue weighted by Gasteiger charge is -2.38. The van der Waals surface area contributed by atoms with Gasteiger partial charge in [-0.05, 0) is 86.6 Å². The van der Waals surface area contributed by atoms with Gasteiger partial charge in [-0.15, -0.1) is 0 Å². The van der Waals surface area contributed by atoms with Gasteiger partial charge in [-0.2, -0.15) is 0 Å². The molecule has 1 aliphatic heterocycles. The molecule has 0 saturated carbocycles. The average Bonchev–Trinajstić information content (AvgIpc) is 2.89. The molecule has 3 rings (SSSR count). The SMILES string of the molecule is C\C(=C/C=C(C)/C(=C(\CCCO)c1ccccc1)c1ccc(N2CCN(C(C)C)CC2)cc1)NS(C)(=O)=O. The molecule has 0 aromatic heterocycles. The number of nitrogens with one attached hydrogen (secondary N) is 1. The molecule has 0 atom stereocenters. The van der Waals surface area contributed by atoms with Crippen LogP contribution in [0.4, 0.5) is 5.69 Å². The molecule has 2 aromatic carbocycles. The first-order valence-corrected chi connectivity index (χ1v) is 15.3. The minimum Gasteiger partial charge on any atom is -0.396 e. The molecule has 206 valence electrons. The van der Waals surface area contributed by atoms with Crippen LogP contribution in [0.5, 0.6) is 0 Å².